The maximum absolute atomic E-state index is 13.1. The lowest BCUT2D eigenvalue weighted by atomic mass is 10.2. The smallest absolute Gasteiger partial charge is 0.135 e. The van der Waals surface area contributed by atoms with Crippen LogP contribution < -0.4 is 4.74 Å². The normalized spacial score (nSPS) is 14.0. The van der Waals surface area contributed by atoms with Crippen LogP contribution in [-0.2, 0) is 0 Å². The molecule has 0 heterocycles. The van der Waals surface area contributed by atoms with Crippen molar-refractivity contribution in [2.24, 2.45) is 5.92 Å². The molecule has 1 N–H and O–H groups in total. The van der Waals surface area contributed by atoms with Crippen molar-refractivity contribution in [1.82, 2.24) is 0 Å². The lowest BCUT2D eigenvalue weighted by molar-refractivity contribution is 0.298. The van der Waals surface area contributed by atoms with Gasteiger partial charge in [-0.1, -0.05) is 11.8 Å². The fraction of sp³-hybridized carbons (Fsp3) is 0.429. The van der Waals surface area contributed by atoms with Gasteiger partial charge in [0.05, 0.1) is 18.8 Å². The first-order chi connectivity index (χ1) is 8.29. The monoisotopic (exact) mass is 234 g/mol. The fourth-order valence-corrected chi connectivity index (χ4v) is 1.43. The lowest BCUT2D eigenvalue weighted by Crippen LogP contribution is -2.00. The quantitative estimate of drug-likeness (QED) is 0.810. The Hall–Kier alpha value is -1.53. The van der Waals surface area contributed by atoms with Crippen LogP contribution in [0.2, 0.25) is 0 Å². The molecule has 1 aliphatic carbocycles. The number of halogens is 1. The average Bonchev–Trinajstić information content (AvgIpc) is 3.12. The van der Waals surface area contributed by atoms with Crippen LogP contribution in [0.1, 0.15) is 24.8 Å². The second-order valence-corrected chi connectivity index (χ2v) is 4.17. The molecule has 17 heavy (non-hydrogen) atoms. The summed E-state index contributed by atoms with van der Waals surface area (Å²) in [6.45, 7) is 0.695. The van der Waals surface area contributed by atoms with Gasteiger partial charge in [0.2, 0.25) is 0 Å². The van der Waals surface area contributed by atoms with E-state index in [4.69, 9.17) is 9.84 Å². The van der Waals surface area contributed by atoms with Crippen molar-refractivity contribution < 1.29 is 14.2 Å². The summed E-state index contributed by atoms with van der Waals surface area (Å²) in [7, 11) is 0. The third-order valence-corrected chi connectivity index (χ3v) is 2.57. The standard InChI is InChI=1S/C14H15FO2/c15-13-6-7-14(17-10-11-4-5-11)12(9-13)3-1-2-8-16/h6-7,9,11,16H,2,4-5,8,10H2. The van der Waals surface area contributed by atoms with Crippen molar-refractivity contribution in [1.29, 1.82) is 0 Å². The molecule has 1 aromatic carbocycles. The molecule has 2 rings (SSSR count). The van der Waals surface area contributed by atoms with E-state index in [0.717, 1.165) is 0 Å². The largest absolute Gasteiger partial charge is 0.492 e. The predicted molar refractivity (Wildman–Crippen MR) is 63.2 cm³/mol. The molecule has 0 amide bonds. The third-order valence-electron chi connectivity index (χ3n) is 2.57. The van der Waals surface area contributed by atoms with E-state index in [1.165, 1.54) is 25.0 Å². The van der Waals surface area contributed by atoms with E-state index in [-0.39, 0.29) is 12.4 Å². The minimum Gasteiger partial charge on any atom is -0.492 e. The van der Waals surface area contributed by atoms with Crippen molar-refractivity contribution in [3.8, 4) is 17.6 Å². The molecule has 1 aromatic rings. The van der Waals surface area contributed by atoms with Gasteiger partial charge in [0.25, 0.3) is 0 Å². The number of aliphatic hydroxyl groups is 1. The van der Waals surface area contributed by atoms with Crippen LogP contribution in [0, 0.1) is 23.6 Å². The highest BCUT2D eigenvalue weighted by Crippen LogP contribution is 2.30. The zero-order chi connectivity index (χ0) is 12.1. The van der Waals surface area contributed by atoms with Crippen LogP contribution in [0.4, 0.5) is 4.39 Å². The van der Waals surface area contributed by atoms with E-state index in [2.05, 4.69) is 11.8 Å². The molecule has 0 aliphatic heterocycles. The topological polar surface area (TPSA) is 29.5 Å². The van der Waals surface area contributed by atoms with Gasteiger partial charge in [-0.15, -0.1) is 0 Å². The minimum absolute atomic E-state index is 0.0145. The second-order valence-electron chi connectivity index (χ2n) is 4.17. The van der Waals surface area contributed by atoms with Gasteiger partial charge < -0.3 is 9.84 Å². The number of aliphatic hydroxyl groups excluding tert-OH is 1. The van der Waals surface area contributed by atoms with Gasteiger partial charge >= 0.3 is 0 Å². The Morgan fingerprint density at radius 1 is 1.41 bits per heavy atom. The zero-order valence-electron chi connectivity index (χ0n) is 9.58. The average molecular weight is 234 g/mol. The Morgan fingerprint density at radius 2 is 2.24 bits per heavy atom. The maximum Gasteiger partial charge on any atom is 0.135 e. The molecule has 90 valence electrons. The Labute approximate surface area is 100 Å². The van der Waals surface area contributed by atoms with Crippen molar-refractivity contribution in [3.63, 3.8) is 0 Å². The molecule has 0 unspecified atom stereocenters. The first kappa shape index (κ1) is 11.9. The number of hydrogen-bond donors (Lipinski definition) is 1. The molecule has 0 bridgehead atoms. The highest BCUT2D eigenvalue weighted by Gasteiger charge is 2.22. The summed E-state index contributed by atoms with van der Waals surface area (Å²) in [5.41, 5.74) is 0.555. The fourth-order valence-electron chi connectivity index (χ4n) is 1.43. The van der Waals surface area contributed by atoms with Gasteiger partial charge in [-0.05, 0) is 37.0 Å². The number of hydrogen-bond acceptors (Lipinski definition) is 2. The summed E-state index contributed by atoms with van der Waals surface area (Å²) in [6, 6.07) is 4.35. The summed E-state index contributed by atoms with van der Waals surface area (Å²) in [5.74, 6) is 6.56. The minimum atomic E-state index is -0.322. The first-order valence-electron chi connectivity index (χ1n) is 5.81. The summed E-state index contributed by atoms with van der Waals surface area (Å²) in [5, 5.41) is 8.64. The Kier molecular flexibility index (Phi) is 4.00. The van der Waals surface area contributed by atoms with Crippen LogP contribution in [0.15, 0.2) is 18.2 Å². The highest BCUT2D eigenvalue weighted by molar-refractivity contribution is 5.46. The van der Waals surface area contributed by atoms with Crippen molar-refractivity contribution in [2.45, 2.75) is 19.3 Å². The maximum atomic E-state index is 13.1. The molecule has 1 fully saturated rings. The van der Waals surface area contributed by atoms with Crippen LogP contribution in [0.3, 0.4) is 0 Å². The Bertz CT molecular complexity index is 441. The van der Waals surface area contributed by atoms with Crippen LogP contribution >= 0.6 is 0 Å². The molecular weight excluding hydrogens is 219 g/mol. The van der Waals surface area contributed by atoms with Gasteiger partial charge in [-0.25, -0.2) is 4.39 Å². The molecule has 0 aromatic heterocycles. The van der Waals surface area contributed by atoms with Crippen molar-refractivity contribution >= 4 is 0 Å². The summed E-state index contributed by atoms with van der Waals surface area (Å²) >= 11 is 0. The molecule has 3 heteroatoms. The molecule has 1 saturated carbocycles. The molecule has 0 spiro atoms. The molecular formula is C14H15FO2. The van der Waals surface area contributed by atoms with Gasteiger partial charge in [0.1, 0.15) is 11.6 Å². The van der Waals surface area contributed by atoms with Gasteiger partial charge in [0, 0.05) is 6.42 Å². The van der Waals surface area contributed by atoms with Gasteiger partial charge in [-0.3, -0.25) is 0 Å². The Balaban J connectivity index is 2.09. The lowest BCUT2D eigenvalue weighted by Gasteiger charge is -2.07. The summed E-state index contributed by atoms with van der Waals surface area (Å²) < 4.78 is 18.7. The van der Waals surface area contributed by atoms with Crippen molar-refractivity contribution in [3.05, 3.63) is 29.6 Å². The molecule has 2 nitrogen and oxygen atoms in total. The van der Waals surface area contributed by atoms with Gasteiger partial charge in [-0.2, -0.15) is 0 Å². The van der Waals surface area contributed by atoms with Crippen molar-refractivity contribution in [2.75, 3.05) is 13.2 Å². The first-order valence-corrected chi connectivity index (χ1v) is 5.81. The molecule has 0 saturated heterocycles. The SMILES string of the molecule is OCCC#Cc1cc(F)ccc1OCC1CC1. The zero-order valence-corrected chi connectivity index (χ0v) is 9.58. The highest BCUT2D eigenvalue weighted by atomic mass is 19.1. The summed E-state index contributed by atoms with van der Waals surface area (Å²) in [6.07, 6.45) is 2.82. The number of rotatable bonds is 4. The van der Waals surface area contributed by atoms with E-state index in [1.807, 2.05) is 0 Å². The van der Waals surface area contributed by atoms with E-state index in [1.54, 1.807) is 6.07 Å². The van der Waals surface area contributed by atoms with Crippen LogP contribution in [0.5, 0.6) is 5.75 Å². The van der Waals surface area contributed by atoms with Gasteiger partial charge in [0.15, 0.2) is 0 Å². The summed E-state index contributed by atoms with van der Waals surface area (Å²) in [4.78, 5) is 0. The molecule has 0 atom stereocenters. The van der Waals surface area contributed by atoms with E-state index >= 15 is 0 Å². The van der Waals surface area contributed by atoms with E-state index < -0.39 is 0 Å². The van der Waals surface area contributed by atoms with Crippen LogP contribution in [-0.4, -0.2) is 18.3 Å². The van der Waals surface area contributed by atoms with Crippen LogP contribution in [0.25, 0.3) is 0 Å². The Morgan fingerprint density at radius 3 is 2.94 bits per heavy atom. The van der Waals surface area contributed by atoms with E-state index in [0.29, 0.717) is 30.3 Å². The third kappa shape index (κ3) is 3.76. The van der Waals surface area contributed by atoms with E-state index in [9.17, 15) is 4.39 Å². The molecule has 0 radical (unpaired) electrons. The predicted octanol–water partition coefficient (Wildman–Crippen LogP) is 2.35. The second kappa shape index (κ2) is 5.70. The molecule has 1 aliphatic rings. The number of benzene rings is 1. The number of ether oxygens (including phenoxy) is 1.